The van der Waals surface area contributed by atoms with Crippen molar-refractivity contribution in [3.63, 3.8) is 0 Å². The first-order valence-corrected chi connectivity index (χ1v) is 11.6. The summed E-state index contributed by atoms with van der Waals surface area (Å²) in [7, 11) is 0. The standard InChI is InChI=1S/C26H32F3N3O2/c1-16-12-19(15-24(2,3)14-16)32-22-11-6-17(25(4,5)33)13-21(22)31-23(32)30-18-7-9-20(10-8-18)34-26(27,28)29/h6-11,13,16,19,33H,12,14-15H2,1-5H3,(H,30,31)/t16-,19+/m0/s1. The summed E-state index contributed by atoms with van der Waals surface area (Å²) in [6, 6.07) is 11.7. The Morgan fingerprint density at radius 1 is 1.09 bits per heavy atom. The SMILES string of the molecule is C[C@H]1C[C@@H](n2c(Nc3ccc(OC(F)(F)F)cc3)nc3cc(C(C)(C)O)ccc32)CC(C)(C)C1. The molecule has 3 aromatic rings. The largest absolute Gasteiger partial charge is 0.573 e. The van der Waals surface area contributed by atoms with Gasteiger partial charge in [0.1, 0.15) is 5.75 Å². The average Bonchev–Trinajstić information content (AvgIpc) is 3.03. The molecule has 0 aliphatic heterocycles. The van der Waals surface area contributed by atoms with Gasteiger partial charge < -0.3 is 19.7 Å². The van der Waals surface area contributed by atoms with Crippen LogP contribution >= 0.6 is 0 Å². The van der Waals surface area contributed by atoms with Gasteiger partial charge in [-0.25, -0.2) is 4.98 Å². The van der Waals surface area contributed by atoms with E-state index >= 15 is 0 Å². The lowest BCUT2D eigenvalue weighted by atomic mass is 9.70. The highest BCUT2D eigenvalue weighted by molar-refractivity contribution is 5.81. The van der Waals surface area contributed by atoms with Gasteiger partial charge in [-0.05, 0) is 86.4 Å². The minimum atomic E-state index is -4.73. The summed E-state index contributed by atoms with van der Waals surface area (Å²) >= 11 is 0. The summed E-state index contributed by atoms with van der Waals surface area (Å²) in [6.07, 6.45) is -1.58. The molecule has 0 saturated heterocycles. The van der Waals surface area contributed by atoms with Crippen LogP contribution in [-0.2, 0) is 5.60 Å². The number of rotatable bonds is 5. The highest BCUT2D eigenvalue weighted by Gasteiger charge is 2.35. The minimum absolute atomic E-state index is 0.180. The highest BCUT2D eigenvalue weighted by atomic mass is 19.4. The Hall–Kier alpha value is -2.74. The van der Waals surface area contributed by atoms with E-state index < -0.39 is 12.0 Å². The highest BCUT2D eigenvalue weighted by Crippen LogP contribution is 2.46. The van der Waals surface area contributed by atoms with E-state index in [-0.39, 0.29) is 17.2 Å². The van der Waals surface area contributed by atoms with Crippen molar-refractivity contribution in [2.75, 3.05) is 5.32 Å². The topological polar surface area (TPSA) is 59.3 Å². The Balaban J connectivity index is 1.74. The lowest BCUT2D eigenvalue weighted by Gasteiger charge is -2.40. The van der Waals surface area contributed by atoms with Gasteiger partial charge in [0.15, 0.2) is 0 Å². The van der Waals surface area contributed by atoms with E-state index in [4.69, 9.17) is 4.98 Å². The van der Waals surface area contributed by atoms with Crippen molar-refractivity contribution in [2.24, 2.45) is 11.3 Å². The van der Waals surface area contributed by atoms with Gasteiger partial charge in [-0.3, -0.25) is 0 Å². The first-order chi connectivity index (χ1) is 15.7. The van der Waals surface area contributed by atoms with Crippen LogP contribution in [-0.4, -0.2) is 21.0 Å². The number of halogens is 3. The van der Waals surface area contributed by atoms with Crippen LogP contribution in [0.1, 0.15) is 65.5 Å². The maximum absolute atomic E-state index is 12.5. The summed E-state index contributed by atoms with van der Waals surface area (Å²) in [4.78, 5) is 4.84. The predicted octanol–water partition coefficient (Wildman–Crippen LogP) is 7.29. The second-order valence-corrected chi connectivity index (χ2v) is 10.8. The number of nitrogens with one attached hydrogen (secondary N) is 1. The molecule has 0 amide bonds. The molecule has 1 aromatic heterocycles. The van der Waals surface area contributed by atoms with Crippen molar-refractivity contribution in [1.82, 2.24) is 9.55 Å². The maximum atomic E-state index is 12.5. The summed E-state index contributed by atoms with van der Waals surface area (Å²) in [5, 5.41) is 13.8. The molecule has 0 bridgehead atoms. The van der Waals surface area contributed by atoms with E-state index in [0.717, 1.165) is 35.9 Å². The van der Waals surface area contributed by atoms with Crippen LogP contribution in [0.3, 0.4) is 0 Å². The van der Waals surface area contributed by atoms with E-state index in [0.29, 0.717) is 17.6 Å². The number of ether oxygens (including phenoxy) is 1. The number of hydrogen-bond donors (Lipinski definition) is 2. The fraction of sp³-hybridized carbons (Fsp3) is 0.500. The van der Waals surface area contributed by atoms with Crippen molar-refractivity contribution in [3.05, 3.63) is 48.0 Å². The molecule has 34 heavy (non-hydrogen) atoms. The number of anilines is 2. The van der Waals surface area contributed by atoms with Gasteiger partial charge in [0, 0.05) is 11.7 Å². The zero-order valence-electron chi connectivity index (χ0n) is 20.2. The third-order valence-electron chi connectivity index (χ3n) is 6.47. The molecule has 2 atom stereocenters. The molecule has 8 heteroatoms. The van der Waals surface area contributed by atoms with Gasteiger partial charge in [0.05, 0.1) is 16.6 Å². The Kier molecular flexibility index (Phi) is 6.09. The molecule has 1 aliphatic carbocycles. The molecule has 0 spiro atoms. The zero-order valence-corrected chi connectivity index (χ0v) is 20.2. The number of aromatic nitrogens is 2. The van der Waals surface area contributed by atoms with Gasteiger partial charge in [0.2, 0.25) is 5.95 Å². The smallest absolute Gasteiger partial charge is 0.406 e. The first kappa shape index (κ1) is 24.4. The fourth-order valence-corrected chi connectivity index (χ4v) is 5.30. The predicted molar refractivity (Wildman–Crippen MR) is 127 cm³/mol. The summed E-state index contributed by atoms with van der Waals surface area (Å²) in [5.74, 6) is 0.903. The zero-order chi connectivity index (χ0) is 24.9. The van der Waals surface area contributed by atoms with Crippen molar-refractivity contribution in [3.8, 4) is 5.75 Å². The lowest BCUT2D eigenvalue weighted by molar-refractivity contribution is -0.274. The van der Waals surface area contributed by atoms with Gasteiger partial charge in [-0.15, -0.1) is 13.2 Å². The van der Waals surface area contributed by atoms with Crippen molar-refractivity contribution >= 4 is 22.7 Å². The fourth-order valence-electron chi connectivity index (χ4n) is 5.30. The number of hydrogen-bond acceptors (Lipinski definition) is 4. The van der Waals surface area contributed by atoms with Crippen LogP contribution < -0.4 is 10.1 Å². The van der Waals surface area contributed by atoms with Gasteiger partial charge >= 0.3 is 6.36 Å². The molecule has 184 valence electrons. The van der Waals surface area contributed by atoms with Crippen LogP contribution in [0.5, 0.6) is 5.75 Å². The summed E-state index contributed by atoms with van der Waals surface area (Å²) in [6.45, 7) is 10.3. The molecule has 1 fully saturated rings. The van der Waals surface area contributed by atoms with Gasteiger partial charge in [0.25, 0.3) is 0 Å². The Bertz CT molecular complexity index is 1160. The van der Waals surface area contributed by atoms with Crippen molar-refractivity contribution in [2.45, 2.75) is 71.9 Å². The van der Waals surface area contributed by atoms with Crippen molar-refractivity contribution < 1.29 is 23.0 Å². The number of imidazole rings is 1. The van der Waals surface area contributed by atoms with Crippen LogP contribution in [0, 0.1) is 11.3 Å². The Morgan fingerprint density at radius 3 is 2.35 bits per heavy atom. The number of alkyl halides is 3. The molecule has 5 nitrogen and oxygen atoms in total. The van der Waals surface area contributed by atoms with Crippen LogP contribution in [0.4, 0.5) is 24.8 Å². The number of nitrogens with zero attached hydrogens (tertiary/aromatic N) is 2. The lowest BCUT2D eigenvalue weighted by Crippen LogP contribution is -2.29. The monoisotopic (exact) mass is 475 g/mol. The molecule has 1 heterocycles. The second kappa shape index (κ2) is 8.48. The minimum Gasteiger partial charge on any atom is -0.406 e. The number of benzene rings is 2. The summed E-state index contributed by atoms with van der Waals surface area (Å²) < 4.78 is 43.7. The van der Waals surface area contributed by atoms with E-state index in [2.05, 4.69) is 35.4 Å². The quantitative estimate of drug-likeness (QED) is 0.407. The van der Waals surface area contributed by atoms with Gasteiger partial charge in [-0.1, -0.05) is 26.8 Å². The normalized spacial score (nSPS) is 21.0. The Labute approximate surface area is 198 Å². The van der Waals surface area contributed by atoms with Gasteiger partial charge in [-0.2, -0.15) is 0 Å². The van der Waals surface area contributed by atoms with Crippen molar-refractivity contribution in [1.29, 1.82) is 0 Å². The summed E-state index contributed by atoms with van der Waals surface area (Å²) in [5.41, 5.74) is 2.28. The molecule has 2 N–H and O–H groups in total. The first-order valence-electron chi connectivity index (χ1n) is 11.6. The third-order valence-corrected chi connectivity index (χ3v) is 6.47. The van der Waals surface area contributed by atoms with E-state index in [1.807, 2.05) is 18.2 Å². The third kappa shape index (κ3) is 5.49. The van der Waals surface area contributed by atoms with E-state index in [1.54, 1.807) is 26.0 Å². The van der Waals surface area contributed by atoms with E-state index in [1.165, 1.54) is 12.1 Å². The number of aliphatic hydroxyl groups is 1. The van der Waals surface area contributed by atoms with Crippen LogP contribution in [0.2, 0.25) is 0 Å². The molecule has 2 aromatic carbocycles. The number of fused-ring (bicyclic) bond motifs is 1. The molecule has 0 radical (unpaired) electrons. The molecule has 1 aliphatic rings. The molecular formula is C26H32F3N3O2. The van der Waals surface area contributed by atoms with E-state index in [9.17, 15) is 18.3 Å². The molecular weight excluding hydrogens is 443 g/mol. The Morgan fingerprint density at radius 2 is 1.76 bits per heavy atom. The van der Waals surface area contributed by atoms with Crippen LogP contribution in [0.25, 0.3) is 11.0 Å². The maximum Gasteiger partial charge on any atom is 0.573 e. The van der Waals surface area contributed by atoms with Crippen LogP contribution in [0.15, 0.2) is 42.5 Å². The molecule has 1 saturated carbocycles. The molecule has 4 rings (SSSR count). The average molecular weight is 476 g/mol. The second-order valence-electron chi connectivity index (χ2n) is 10.8. The molecule has 0 unspecified atom stereocenters.